The van der Waals surface area contributed by atoms with Gasteiger partial charge in [0, 0.05) is 16.6 Å². The Balaban J connectivity index is 1.76. The molecule has 0 fully saturated rings. The topological polar surface area (TPSA) is 69.0 Å². The zero-order valence-corrected chi connectivity index (χ0v) is 20.7. The molecule has 3 aromatic carbocycles. The summed E-state index contributed by atoms with van der Waals surface area (Å²) in [5.41, 5.74) is 2.43. The molecule has 5 rings (SSSR count). The van der Waals surface area contributed by atoms with Crippen molar-refractivity contribution in [3.63, 3.8) is 0 Å². The number of benzene rings is 3. The minimum Gasteiger partial charge on any atom is -0.493 e. The monoisotopic (exact) mass is 509 g/mol. The average Bonchev–Trinajstić information content (AvgIpc) is 3.13. The summed E-state index contributed by atoms with van der Waals surface area (Å²) in [5.74, 6) is 0.626. The van der Waals surface area contributed by atoms with Crippen LogP contribution in [0, 0.1) is 6.92 Å². The standard InChI is InChI=1S/C27H21Cl2NO5/c1-14-10-21-17(12-19(14)29)25(31)23-24(15-8-9-20(33-2)22(11-15)34-3)30(27(32)26(23)35-21)13-16-6-4-5-7-18(16)28/h4-12,24H,13H2,1-3H3. The van der Waals surface area contributed by atoms with Crippen molar-refractivity contribution in [3.05, 3.63) is 103 Å². The summed E-state index contributed by atoms with van der Waals surface area (Å²) in [7, 11) is 3.07. The van der Waals surface area contributed by atoms with Crippen LogP contribution in [-0.4, -0.2) is 25.0 Å². The summed E-state index contributed by atoms with van der Waals surface area (Å²) in [4.78, 5) is 29.1. The minimum absolute atomic E-state index is 0.0102. The highest BCUT2D eigenvalue weighted by atomic mass is 35.5. The SMILES string of the molecule is COc1ccc(C2c3c(oc4cc(C)c(Cl)cc4c3=O)C(=O)N2Cc2ccccc2Cl)cc1OC. The number of carbonyl (C=O) groups is 1. The lowest BCUT2D eigenvalue weighted by atomic mass is 9.97. The largest absolute Gasteiger partial charge is 0.493 e. The molecule has 0 saturated heterocycles. The fourth-order valence-electron chi connectivity index (χ4n) is 4.48. The van der Waals surface area contributed by atoms with Gasteiger partial charge in [0.25, 0.3) is 5.91 Å². The molecule has 2 heterocycles. The molecule has 178 valence electrons. The fourth-order valence-corrected chi connectivity index (χ4v) is 4.84. The Morgan fingerprint density at radius 3 is 2.40 bits per heavy atom. The number of halogens is 2. The molecule has 1 atom stereocenters. The maximum atomic E-state index is 13.8. The Labute approximate surface area is 211 Å². The molecule has 1 aliphatic rings. The van der Waals surface area contributed by atoms with Crippen LogP contribution in [0.1, 0.15) is 38.9 Å². The third-order valence-corrected chi connectivity index (χ3v) is 7.04. The number of carbonyl (C=O) groups excluding carboxylic acids is 1. The highest BCUT2D eigenvalue weighted by Crippen LogP contribution is 2.42. The van der Waals surface area contributed by atoms with Gasteiger partial charge in [-0.15, -0.1) is 0 Å². The number of aryl methyl sites for hydroxylation is 1. The van der Waals surface area contributed by atoms with Crippen LogP contribution in [0.3, 0.4) is 0 Å². The Morgan fingerprint density at radius 1 is 0.943 bits per heavy atom. The molecule has 8 heteroatoms. The number of amides is 1. The van der Waals surface area contributed by atoms with E-state index in [2.05, 4.69) is 0 Å². The number of hydrogen-bond donors (Lipinski definition) is 0. The summed E-state index contributed by atoms with van der Waals surface area (Å²) in [5, 5.41) is 1.29. The highest BCUT2D eigenvalue weighted by molar-refractivity contribution is 6.32. The van der Waals surface area contributed by atoms with Crippen LogP contribution in [0.4, 0.5) is 0 Å². The van der Waals surface area contributed by atoms with E-state index >= 15 is 0 Å². The molecule has 4 aromatic rings. The number of hydrogen-bond acceptors (Lipinski definition) is 5. The van der Waals surface area contributed by atoms with Crippen molar-refractivity contribution in [3.8, 4) is 11.5 Å². The van der Waals surface area contributed by atoms with Crippen molar-refractivity contribution in [2.75, 3.05) is 14.2 Å². The molecule has 1 unspecified atom stereocenters. The van der Waals surface area contributed by atoms with E-state index in [1.807, 2.05) is 25.1 Å². The van der Waals surface area contributed by atoms with Gasteiger partial charge in [-0.2, -0.15) is 0 Å². The zero-order chi connectivity index (χ0) is 24.9. The first-order chi connectivity index (χ1) is 16.8. The van der Waals surface area contributed by atoms with E-state index < -0.39 is 11.9 Å². The second-order valence-electron chi connectivity index (χ2n) is 8.31. The van der Waals surface area contributed by atoms with Crippen LogP contribution >= 0.6 is 23.2 Å². The summed E-state index contributed by atoms with van der Waals surface area (Å²) in [6.45, 7) is 1.99. The predicted octanol–water partition coefficient (Wildman–Crippen LogP) is 6.17. The van der Waals surface area contributed by atoms with Crippen molar-refractivity contribution in [2.24, 2.45) is 0 Å². The summed E-state index contributed by atoms with van der Waals surface area (Å²) in [6, 6.07) is 15.1. The Kier molecular flexibility index (Phi) is 5.95. The molecule has 0 radical (unpaired) electrons. The summed E-state index contributed by atoms with van der Waals surface area (Å²) < 4.78 is 16.9. The Hall–Kier alpha value is -3.48. The van der Waals surface area contributed by atoms with Crippen molar-refractivity contribution < 1.29 is 18.7 Å². The van der Waals surface area contributed by atoms with Crippen LogP contribution in [0.25, 0.3) is 11.0 Å². The first-order valence-corrected chi connectivity index (χ1v) is 11.6. The van der Waals surface area contributed by atoms with Gasteiger partial charge < -0.3 is 18.8 Å². The van der Waals surface area contributed by atoms with Crippen LogP contribution < -0.4 is 14.9 Å². The van der Waals surface area contributed by atoms with Gasteiger partial charge in [0.05, 0.1) is 31.2 Å². The molecule has 1 aliphatic heterocycles. The smallest absolute Gasteiger partial charge is 0.291 e. The zero-order valence-electron chi connectivity index (χ0n) is 19.2. The van der Waals surface area contributed by atoms with E-state index in [4.69, 9.17) is 37.1 Å². The third-order valence-electron chi connectivity index (χ3n) is 6.27. The number of rotatable bonds is 5. The maximum absolute atomic E-state index is 13.8. The molecule has 0 aliphatic carbocycles. The van der Waals surface area contributed by atoms with E-state index in [-0.39, 0.29) is 23.3 Å². The molecule has 6 nitrogen and oxygen atoms in total. The van der Waals surface area contributed by atoms with Crippen molar-refractivity contribution >= 4 is 40.1 Å². The van der Waals surface area contributed by atoms with E-state index in [1.54, 1.807) is 48.4 Å². The van der Waals surface area contributed by atoms with Gasteiger partial charge in [-0.1, -0.05) is 47.5 Å². The van der Waals surface area contributed by atoms with Gasteiger partial charge in [-0.05, 0) is 53.9 Å². The first kappa shape index (κ1) is 23.3. The number of methoxy groups -OCH3 is 2. The highest BCUT2D eigenvalue weighted by Gasteiger charge is 2.43. The van der Waals surface area contributed by atoms with Crippen LogP contribution in [0.2, 0.25) is 10.0 Å². The molecular weight excluding hydrogens is 489 g/mol. The lowest BCUT2D eigenvalue weighted by Crippen LogP contribution is -2.29. The molecule has 0 bridgehead atoms. The van der Waals surface area contributed by atoms with Crippen molar-refractivity contribution in [2.45, 2.75) is 19.5 Å². The van der Waals surface area contributed by atoms with E-state index in [0.717, 1.165) is 11.1 Å². The molecule has 0 N–H and O–H groups in total. The van der Waals surface area contributed by atoms with Gasteiger partial charge >= 0.3 is 0 Å². The van der Waals surface area contributed by atoms with Crippen LogP contribution in [0.5, 0.6) is 11.5 Å². The van der Waals surface area contributed by atoms with E-state index in [0.29, 0.717) is 38.1 Å². The second kappa shape index (κ2) is 8.95. The molecule has 0 spiro atoms. The Morgan fingerprint density at radius 2 is 1.69 bits per heavy atom. The van der Waals surface area contributed by atoms with Gasteiger partial charge in [0.1, 0.15) is 5.58 Å². The quantitative estimate of drug-likeness (QED) is 0.321. The first-order valence-electron chi connectivity index (χ1n) is 10.9. The lowest BCUT2D eigenvalue weighted by molar-refractivity contribution is 0.0714. The van der Waals surface area contributed by atoms with Gasteiger partial charge in [-0.25, -0.2) is 0 Å². The molecule has 35 heavy (non-hydrogen) atoms. The van der Waals surface area contributed by atoms with E-state index in [1.165, 1.54) is 7.11 Å². The predicted molar refractivity (Wildman–Crippen MR) is 135 cm³/mol. The average molecular weight is 510 g/mol. The van der Waals surface area contributed by atoms with Gasteiger partial charge in [-0.3, -0.25) is 9.59 Å². The Bertz CT molecular complexity index is 1550. The third kappa shape index (κ3) is 3.83. The lowest BCUT2D eigenvalue weighted by Gasteiger charge is -2.26. The number of nitrogens with zero attached hydrogens (tertiary/aromatic N) is 1. The normalized spacial score (nSPS) is 14.9. The van der Waals surface area contributed by atoms with Crippen LogP contribution in [0.15, 0.2) is 63.8 Å². The van der Waals surface area contributed by atoms with Gasteiger partial charge in [0.2, 0.25) is 5.76 Å². The maximum Gasteiger partial charge on any atom is 0.291 e. The number of ether oxygens (including phenoxy) is 2. The van der Waals surface area contributed by atoms with E-state index in [9.17, 15) is 9.59 Å². The summed E-state index contributed by atoms with van der Waals surface area (Å²) in [6.07, 6.45) is 0. The second-order valence-corrected chi connectivity index (χ2v) is 9.13. The molecular formula is C27H21Cl2NO5. The van der Waals surface area contributed by atoms with Crippen LogP contribution in [-0.2, 0) is 6.54 Å². The molecule has 0 saturated carbocycles. The van der Waals surface area contributed by atoms with Crippen molar-refractivity contribution in [1.29, 1.82) is 0 Å². The number of fused-ring (bicyclic) bond motifs is 2. The minimum atomic E-state index is -0.727. The van der Waals surface area contributed by atoms with Gasteiger partial charge in [0.15, 0.2) is 16.9 Å². The van der Waals surface area contributed by atoms with Crippen molar-refractivity contribution in [1.82, 2.24) is 4.90 Å². The molecule has 1 aromatic heterocycles. The fraction of sp³-hybridized carbons (Fsp3) is 0.185. The summed E-state index contributed by atoms with van der Waals surface area (Å²) >= 11 is 12.7. The molecule has 1 amide bonds.